The molecule has 4 aromatic rings. The molecule has 0 unspecified atom stereocenters. The summed E-state index contributed by atoms with van der Waals surface area (Å²) in [6.45, 7) is 10.8. The molecule has 0 bridgehead atoms. The van der Waals surface area contributed by atoms with Crippen molar-refractivity contribution < 1.29 is 5.11 Å². The van der Waals surface area contributed by atoms with E-state index in [1.54, 1.807) is 6.07 Å². The van der Waals surface area contributed by atoms with Crippen molar-refractivity contribution >= 4 is 22.7 Å². The molecule has 1 aliphatic rings. The van der Waals surface area contributed by atoms with Gasteiger partial charge in [-0.15, -0.1) is 0 Å². The summed E-state index contributed by atoms with van der Waals surface area (Å²) in [5.74, 6) is 0.309. The molecule has 2 aromatic heterocycles. The molecule has 1 saturated heterocycles. The van der Waals surface area contributed by atoms with Crippen molar-refractivity contribution in [3.05, 3.63) is 72.6 Å². The number of pyridine rings is 1. The van der Waals surface area contributed by atoms with E-state index < -0.39 is 0 Å². The molecular weight excluding hydrogens is 410 g/mol. The van der Waals surface area contributed by atoms with Gasteiger partial charge in [0, 0.05) is 56.0 Å². The number of hydrogen-bond donors (Lipinski definition) is 2. The first-order valence-corrected chi connectivity index (χ1v) is 11.6. The monoisotopic (exact) mass is 441 g/mol. The highest BCUT2D eigenvalue weighted by molar-refractivity contribution is 5.78. The lowest BCUT2D eigenvalue weighted by Crippen LogP contribution is -2.48. The predicted octanol–water partition coefficient (Wildman–Crippen LogP) is 5.29. The predicted molar refractivity (Wildman–Crippen MR) is 136 cm³/mol. The van der Waals surface area contributed by atoms with Crippen LogP contribution in [0.1, 0.15) is 19.4 Å². The van der Waals surface area contributed by atoms with Crippen LogP contribution in [0, 0.1) is 6.92 Å². The van der Waals surface area contributed by atoms with Crippen LogP contribution >= 0.6 is 0 Å². The molecule has 170 valence electrons. The molecule has 0 radical (unpaired) electrons. The summed E-state index contributed by atoms with van der Waals surface area (Å²) < 4.78 is 2.08. The molecule has 0 amide bonds. The van der Waals surface area contributed by atoms with Gasteiger partial charge < -0.3 is 15.3 Å². The Bertz CT molecular complexity index is 1250. The summed E-state index contributed by atoms with van der Waals surface area (Å²) in [7, 11) is 0. The third-order valence-electron chi connectivity index (χ3n) is 6.60. The number of nitrogens with zero attached hydrogens (tertiary/aromatic N) is 4. The Morgan fingerprint density at radius 2 is 1.70 bits per heavy atom. The van der Waals surface area contributed by atoms with E-state index in [1.165, 1.54) is 5.69 Å². The van der Waals surface area contributed by atoms with Crippen molar-refractivity contribution in [3.8, 4) is 17.0 Å². The van der Waals surface area contributed by atoms with Gasteiger partial charge in [-0.1, -0.05) is 0 Å². The van der Waals surface area contributed by atoms with Crippen molar-refractivity contribution in [2.75, 3.05) is 36.4 Å². The Morgan fingerprint density at radius 3 is 2.39 bits per heavy atom. The maximum absolute atomic E-state index is 9.87. The number of aromatic nitrogens is 2. The van der Waals surface area contributed by atoms with Crippen molar-refractivity contribution in [2.24, 2.45) is 0 Å². The number of phenolic OH excluding ortho intramolecular Hbond substituents is 1. The van der Waals surface area contributed by atoms with Crippen LogP contribution in [0.5, 0.6) is 5.75 Å². The third kappa shape index (κ3) is 4.26. The van der Waals surface area contributed by atoms with Crippen LogP contribution < -0.4 is 10.2 Å². The number of anilines is 3. The van der Waals surface area contributed by atoms with Crippen LogP contribution in [-0.4, -0.2) is 51.6 Å². The summed E-state index contributed by atoms with van der Waals surface area (Å²) in [4.78, 5) is 9.59. The zero-order chi connectivity index (χ0) is 22.9. The molecule has 0 aliphatic carbocycles. The molecule has 6 nitrogen and oxygen atoms in total. The molecule has 3 heterocycles. The minimum absolute atomic E-state index is 0.309. The van der Waals surface area contributed by atoms with Crippen LogP contribution in [0.4, 0.5) is 17.1 Å². The largest absolute Gasteiger partial charge is 0.508 e. The average molecular weight is 442 g/mol. The number of aromatic hydroxyl groups is 1. The number of rotatable bonds is 5. The molecule has 1 fully saturated rings. The molecule has 2 aromatic carbocycles. The Labute approximate surface area is 195 Å². The molecule has 33 heavy (non-hydrogen) atoms. The molecule has 0 spiro atoms. The van der Waals surface area contributed by atoms with E-state index in [-0.39, 0.29) is 0 Å². The topological polar surface area (TPSA) is 56.0 Å². The number of benzene rings is 2. The molecule has 2 N–H and O–H groups in total. The first-order chi connectivity index (χ1) is 16.0. The highest BCUT2D eigenvalue weighted by Gasteiger charge is 2.19. The number of imidazole rings is 1. The SMILES string of the molecule is Cc1cc(-c2ccc(Nc3ccc(N4CCN(C(C)C)CC4)cc3)c3nccn23)ccc1O. The lowest BCUT2D eigenvalue weighted by atomic mass is 10.1. The van der Waals surface area contributed by atoms with Gasteiger partial charge in [0.2, 0.25) is 0 Å². The quantitative estimate of drug-likeness (QED) is 0.441. The van der Waals surface area contributed by atoms with Crippen molar-refractivity contribution in [1.82, 2.24) is 14.3 Å². The van der Waals surface area contributed by atoms with Gasteiger partial charge in [-0.05, 0) is 86.5 Å². The number of fused-ring (bicyclic) bond motifs is 1. The van der Waals surface area contributed by atoms with Crippen LogP contribution in [0.3, 0.4) is 0 Å². The van der Waals surface area contributed by atoms with Crippen molar-refractivity contribution in [3.63, 3.8) is 0 Å². The minimum Gasteiger partial charge on any atom is -0.508 e. The molecule has 0 atom stereocenters. The first-order valence-electron chi connectivity index (χ1n) is 11.6. The van der Waals surface area contributed by atoms with Gasteiger partial charge in [0.1, 0.15) is 5.75 Å². The number of nitrogens with one attached hydrogen (secondary N) is 1. The fraction of sp³-hybridized carbons (Fsp3) is 0.296. The lowest BCUT2D eigenvalue weighted by Gasteiger charge is -2.38. The minimum atomic E-state index is 0.309. The van der Waals surface area contributed by atoms with E-state index in [4.69, 9.17) is 0 Å². The van der Waals surface area contributed by atoms with Gasteiger partial charge in [-0.3, -0.25) is 9.30 Å². The standard InChI is InChI=1S/C27H31N5O/c1-19(2)30-14-16-31(17-15-30)23-7-5-22(6-8-23)29-24-9-10-25(32-13-12-28-27(24)32)21-4-11-26(33)20(3)18-21/h4-13,18-19,29,33H,14-17H2,1-3H3. The smallest absolute Gasteiger partial charge is 0.161 e. The number of aryl methyl sites for hydroxylation is 1. The Kier molecular flexibility index (Phi) is 5.68. The number of hydrogen-bond acceptors (Lipinski definition) is 5. The number of phenols is 1. The van der Waals surface area contributed by atoms with E-state index in [9.17, 15) is 5.11 Å². The molecular formula is C27H31N5O. The summed E-state index contributed by atoms with van der Waals surface area (Å²) in [5, 5.41) is 13.4. The van der Waals surface area contributed by atoms with E-state index in [0.717, 1.165) is 60.0 Å². The Morgan fingerprint density at radius 1 is 0.939 bits per heavy atom. The van der Waals surface area contributed by atoms with Crippen LogP contribution in [0.2, 0.25) is 0 Å². The first kappa shape index (κ1) is 21.3. The highest BCUT2D eigenvalue weighted by atomic mass is 16.3. The maximum atomic E-state index is 9.87. The Hall–Kier alpha value is -3.51. The average Bonchev–Trinajstić information content (AvgIpc) is 3.32. The second-order valence-electron chi connectivity index (χ2n) is 9.04. The molecule has 5 rings (SSSR count). The van der Waals surface area contributed by atoms with E-state index in [0.29, 0.717) is 11.8 Å². The van der Waals surface area contributed by atoms with E-state index in [1.807, 2.05) is 31.5 Å². The van der Waals surface area contributed by atoms with E-state index in [2.05, 4.69) is 74.7 Å². The highest BCUT2D eigenvalue weighted by Crippen LogP contribution is 2.30. The fourth-order valence-corrected chi connectivity index (χ4v) is 4.57. The second kappa shape index (κ2) is 8.79. The van der Waals surface area contributed by atoms with Gasteiger partial charge in [-0.25, -0.2) is 4.98 Å². The van der Waals surface area contributed by atoms with Gasteiger partial charge in [0.15, 0.2) is 5.65 Å². The number of piperazine rings is 1. The van der Waals surface area contributed by atoms with Crippen LogP contribution in [-0.2, 0) is 0 Å². The van der Waals surface area contributed by atoms with Crippen molar-refractivity contribution in [1.29, 1.82) is 0 Å². The maximum Gasteiger partial charge on any atom is 0.161 e. The Balaban J connectivity index is 1.35. The van der Waals surface area contributed by atoms with Crippen molar-refractivity contribution in [2.45, 2.75) is 26.8 Å². The molecule has 1 aliphatic heterocycles. The molecule has 0 saturated carbocycles. The summed E-state index contributed by atoms with van der Waals surface area (Å²) in [6.07, 6.45) is 3.79. The van der Waals surface area contributed by atoms with Gasteiger partial charge in [0.25, 0.3) is 0 Å². The van der Waals surface area contributed by atoms with E-state index >= 15 is 0 Å². The summed E-state index contributed by atoms with van der Waals surface area (Å²) >= 11 is 0. The fourth-order valence-electron chi connectivity index (χ4n) is 4.57. The molecule has 6 heteroatoms. The summed E-state index contributed by atoms with van der Waals surface area (Å²) in [6, 6.07) is 19.1. The van der Waals surface area contributed by atoms with Gasteiger partial charge in [-0.2, -0.15) is 0 Å². The zero-order valence-electron chi connectivity index (χ0n) is 19.5. The second-order valence-corrected chi connectivity index (χ2v) is 9.04. The summed E-state index contributed by atoms with van der Waals surface area (Å²) in [5.41, 5.74) is 7.07. The van der Waals surface area contributed by atoms with Gasteiger partial charge in [0.05, 0.1) is 11.4 Å². The lowest BCUT2D eigenvalue weighted by molar-refractivity contribution is 0.209. The van der Waals surface area contributed by atoms with Crippen LogP contribution in [0.25, 0.3) is 16.9 Å². The normalized spacial score (nSPS) is 14.8. The van der Waals surface area contributed by atoms with Crippen LogP contribution in [0.15, 0.2) is 67.0 Å². The van der Waals surface area contributed by atoms with Gasteiger partial charge >= 0.3 is 0 Å². The zero-order valence-corrected chi connectivity index (χ0v) is 19.5. The third-order valence-corrected chi connectivity index (χ3v) is 6.60.